The minimum atomic E-state index is -0.768. The van der Waals surface area contributed by atoms with Crippen LogP contribution in [0.4, 0.5) is 21.8 Å². The molecule has 18 heteroatoms. The van der Waals surface area contributed by atoms with Crippen molar-refractivity contribution in [3.8, 4) is 5.75 Å². The molecule has 5 fully saturated rings. The van der Waals surface area contributed by atoms with Gasteiger partial charge in [0.25, 0.3) is 17.4 Å². The van der Waals surface area contributed by atoms with Crippen molar-refractivity contribution in [3.63, 3.8) is 0 Å². The fraction of sp³-hybridized carbons (Fsp3) is 0.511. The summed E-state index contributed by atoms with van der Waals surface area (Å²) >= 11 is 6.62. The van der Waals surface area contributed by atoms with Crippen LogP contribution in [-0.4, -0.2) is 112 Å². The number of benzene rings is 2. The molecule has 1 atom stereocenters. The van der Waals surface area contributed by atoms with Crippen LogP contribution < -0.4 is 31.1 Å². The lowest BCUT2D eigenvalue weighted by Crippen LogP contribution is -2.52. The third-order valence-electron chi connectivity index (χ3n) is 14.4. The predicted molar refractivity (Wildman–Crippen MR) is 240 cm³/mol. The van der Waals surface area contributed by atoms with Crippen LogP contribution in [-0.2, 0) is 25.7 Å². The number of fused-ring (bicyclic) bond motifs is 2. The number of imide groups is 1. The monoisotopic (exact) mass is 909 g/mol. The van der Waals surface area contributed by atoms with Gasteiger partial charge in [-0.3, -0.25) is 29.3 Å². The van der Waals surface area contributed by atoms with Crippen molar-refractivity contribution < 1.29 is 33.0 Å². The van der Waals surface area contributed by atoms with Crippen LogP contribution in [0.5, 0.6) is 5.75 Å². The number of nitrogens with zero attached hydrogens (tertiary/aromatic N) is 6. The van der Waals surface area contributed by atoms with Crippen LogP contribution in [0, 0.1) is 5.82 Å². The summed E-state index contributed by atoms with van der Waals surface area (Å²) in [4.78, 5) is 78.1. The second-order valence-corrected chi connectivity index (χ2v) is 18.7. The Labute approximate surface area is 380 Å². The zero-order valence-electron chi connectivity index (χ0n) is 36.3. The van der Waals surface area contributed by atoms with Crippen LogP contribution in [0.15, 0.2) is 47.4 Å². The predicted octanol–water partition coefficient (Wildman–Crippen LogP) is 5.33. The van der Waals surface area contributed by atoms with Gasteiger partial charge in [-0.1, -0.05) is 17.7 Å². The largest absolute Gasteiger partial charge is 0.478 e. The van der Waals surface area contributed by atoms with Crippen LogP contribution in [0.25, 0.3) is 10.9 Å². The lowest BCUT2D eigenvalue weighted by molar-refractivity contribution is -0.137. The number of pyridine rings is 1. The SMILES string of the molecule is CNC(=O)COc1cc2cc(Nc3nc(N4CCC(OC5CC(N6CCC(c7ccc8c(c7F)CN([C@@H]7CCC(=O)NC7=O)C8=O)CC6)C5)CC4)ncc3Cl)ccc2n(C2CCC2)c1=O. The molecule has 0 unspecified atom stereocenters. The van der Waals surface area contributed by atoms with Crippen molar-refractivity contribution in [3.05, 3.63) is 80.5 Å². The normalized spacial score (nSPS) is 23.2. The highest BCUT2D eigenvalue weighted by molar-refractivity contribution is 6.33. The summed E-state index contributed by atoms with van der Waals surface area (Å²) < 4.78 is 30.1. The number of hydrogen-bond acceptors (Lipinski definition) is 12. The van der Waals surface area contributed by atoms with E-state index in [2.05, 4.69) is 30.7 Å². The van der Waals surface area contributed by atoms with E-state index >= 15 is 4.39 Å². The van der Waals surface area contributed by atoms with Crippen molar-refractivity contribution in [2.75, 3.05) is 50.1 Å². The van der Waals surface area contributed by atoms with Gasteiger partial charge in [0, 0.05) is 60.8 Å². The summed E-state index contributed by atoms with van der Waals surface area (Å²) in [5.74, 6) is -0.639. The molecule has 2 aromatic heterocycles. The minimum absolute atomic E-state index is 0.0393. The number of amides is 4. The Morgan fingerprint density at radius 2 is 1.72 bits per heavy atom. The van der Waals surface area contributed by atoms with Gasteiger partial charge in [-0.15, -0.1) is 0 Å². The first-order valence-electron chi connectivity index (χ1n) is 22.9. The highest BCUT2D eigenvalue weighted by Gasteiger charge is 2.42. The van der Waals surface area contributed by atoms with Gasteiger partial charge in [0.15, 0.2) is 18.2 Å². The van der Waals surface area contributed by atoms with Crippen molar-refractivity contribution in [1.82, 2.24) is 35.0 Å². The summed E-state index contributed by atoms with van der Waals surface area (Å²) in [6.45, 7) is 3.01. The molecule has 0 spiro atoms. The zero-order chi connectivity index (χ0) is 44.9. The maximum atomic E-state index is 16.0. The highest BCUT2D eigenvalue weighted by atomic mass is 35.5. The number of aromatic nitrogens is 3. The number of likely N-dealkylation sites (tertiary alicyclic amines) is 1. The Morgan fingerprint density at radius 1 is 0.938 bits per heavy atom. The van der Waals surface area contributed by atoms with E-state index in [-0.39, 0.29) is 85.0 Å². The molecule has 2 aromatic carbocycles. The standard InChI is InChI=1S/C47H53ClFN9O7/c1-50-41(60)25-64-39-20-27-19-28(5-8-37(27)58(46(39)63)29-3-2-4-29)52-43-36(48)23-51-47(54-43)56-17-13-31(14-18-56)65-32-21-30(22-32)55-15-11-26(12-16-55)33-6-7-34-35(42(33)49)24-57(45(34)62)38-9-10-40(59)53-44(38)61/h5-8,19-20,23,26,29-32,38H,2-4,9-18,21-22,24-25H2,1H3,(H,50,60)(H,51,52,54)(H,53,59,61)/t30?,32?,38-/m1/s1. The molecule has 3 saturated heterocycles. The maximum Gasteiger partial charge on any atom is 0.293 e. The number of halogens is 2. The molecule has 0 bridgehead atoms. The summed E-state index contributed by atoms with van der Waals surface area (Å²) in [5.41, 5.74) is 2.58. The molecule has 6 aliphatic rings. The number of hydrogen-bond donors (Lipinski definition) is 3. The topological polar surface area (TPSA) is 180 Å². The number of rotatable bonds is 12. The van der Waals surface area contributed by atoms with Crippen LogP contribution in [0.3, 0.4) is 0 Å². The van der Waals surface area contributed by atoms with E-state index in [1.165, 1.54) is 11.9 Å². The Morgan fingerprint density at radius 3 is 2.45 bits per heavy atom. The third kappa shape index (κ3) is 8.53. The van der Waals surface area contributed by atoms with Crippen molar-refractivity contribution in [1.29, 1.82) is 0 Å². The quantitative estimate of drug-likeness (QED) is 0.156. The van der Waals surface area contributed by atoms with Gasteiger partial charge in [0.1, 0.15) is 16.9 Å². The van der Waals surface area contributed by atoms with Crippen molar-refractivity contribution in [2.45, 2.75) is 113 Å². The number of carbonyl (C=O) groups is 4. The van der Waals surface area contributed by atoms with Crippen LogP contribution in [0.1, 0.15) is 104 Å². The van der Waals surface area contributed by atoms with E-state index in [0.717, 1.165) is 101 Å². The number of ether oxygens (including phenoxy) is 2. The van der Waals surface area contributed by atoms with E-state index in [1.807, 2.05) is 18.2 Å². The molecule has 2 saturated carbocycles. The Hall–Kier alpha value is -5.65. The van der Waals surface area contributed by atoms with Gasteiger partial charge in [-0.05, 0) is 119 Å². The van der Waals surface area contributed by atoms with Crippen LogP contribution in [0.2, 0.25) is 5.02 Å². The molecule has 4 aliphatic heterocycles. The number of anilines is 3. The second-order valence-electron chi connectivity index (χ2n) is 18.3. The first kappa shape index (κ1) is 43.3. The Kier molecular flexibility index (Phi) is 12.0. The molecule has 342 valence electrons. The van der Waals surface area contributed by atoms with E-state index in [0.29, 0.717) is 39.5 Å². The van der Waals surface area contributed by atoms with Gasteiger partial charge in [0.05, 0.1) is 30.5 Å². The van der Waals surface area contributed by atoms with E-state index < -0.39 is 11.9 Å². The van der Waals surface area contributed by atoms with Gasteiger partial charge in [-0.2, -0.15) is 4.98 Å². The third-order valence-corrected chi connectivity index (χ3v) is 14.7. The summed E-state index contributed by atoms with van der Waals surface area (Å²) in [5, 5.41) is 9.34. The van der Waals surface area contributed by atoms with Gasteiger partial charge >= 0.3 is 0 Å². The summed E-state index contributed by atoms with van der Waals surface area (Å²) in [6, 6.07) is 10.6. The van der Waals surface area contributed by atoms with Gasteiger partial charge in [0.2, 0.25) is 17.8 Å². The van der Waals surface area contributed by atoms with E-state index in [4.69, 9.17) is 26.1 Å². The number of piperidine rings is 3. The molecule has 2 aliphatic carbocycles. The number of carbonyl (C=O) groups excluding carboxylic acids is 4. The zero-order valence-corrected chi connectivity index (χ0v) is 37.1. The Bertz CT molecular complexity index is 2600. The maximum absolute atomic E-state index is 16.0. The first-order valence-corrected chi connectivity index (χ1v) is 23.3. The van der Waals surface area contributed by atoms with Crippen molar-refractivity contribution in [2.24, 2.45) is 0 Å². The number of likely N-dealkylation sites (N-methyl/N-ethyl adjacent to an activating group) is 1. The molecule has 3 N–H and O–H groups in total. The molecule has 4 aromatic rings. The average molecular weight is 910 g/mol. The second kappa shape index (κ2) is 18.0. The molecule has 0 radical (unpaired) electrons. The molecule has 65 heavy (non-hydrogen) atoms. The molecule has 10 rings (SSSR count). The van der Waals surface area contributed by atoms with Gasteiger partial charge in [-0.25, -0.2) is 9.37 Å². The van der Waals surface area contributed by atoms with Crippen molar-refractivity contribution >= 4 is 63.6 Å². The van der Waals surface area contributed by atoms with E-state index in [9.17, 15) is 24.0 Å². The Balaban J connectivity index is 0.699. The lowest BCUT2D eigenvalue weighted by atomic mass is 9.83. The highest BCUT2D eigenvalue weighted by Crippen LogP contribution is 2.40. The van der Waals surface area contributed by atoms with Crippen LogP contribution >= 0.6 is 11.6 Å². The average Bonchev–Trinajstić information content (AvgIpc) is 3.61. The molecule has 6 heterocycles. The first-order chi connectivity index (χ1) is 31.5. The molecular formula is C47H53ClFN9O7. The number of nitrogens with one attached hydrogen (secondary N) is 3. The van der Waals surface area contributed by atoms with E-state index in [1.54, 1.807) is 29.0 Å². The lowest BCUT2D eigenvalue weighted by Gasteiger charge is -2.47. The fourth-order valence-electron chi connectivity index (χ4n) is 10.4. The fourth-order valence-corrected chi connectivity index (χ4v) is 10.5. The van der Waals surface area contributed by atoms with Gasteiger partial charge < -0.3 is 39.4 Å². The summed E-state index contributed by atoms with van der Waals surface area (Å²) in [6.07, 6.45) is 10.5. The molecule has 16 nitrogen and oxygen atoms in total. The minimum Gasteiger partial charge on any atom is -0.478 e. The summed E-state index contributed by atoms with van der Waals surface area (Å²) in [7, 11) is 1.52. The smallest absolute Gasteiger partial charge is 0.293 e. The molecular weight excluding hydrogens is 857 g/mol. The molecule has 4 amide bonds.